The molecule has 1 aromatic heterocycles. The van der Waals surface area contributed by atoms with Crippen LogP contribution in [-0.4, -0.2) is 38.0 Å². The molecule has 6 nitrogen and oxygen atoms in total. The first-order chi connectivity index (χ1) is 7.29. The highest BCUT2D eigenvalue weighted by atomic mass is 32.2. The van der Waals surface area contributed by atoms with Crippen LogP contribution < -0.4 is 4.57 Å². The van der Waals surface area contributed by atoms with Crippen molar-refractivity contribution in [3.8, 4) is 0 Å². The maximum absolute atomic E-state index is 11.5. The minimum Gasteiger partial charge on any atom is -0.748 e. The molecule has 88 valence electrons. The van der Waals surface area contributed by atoms with Gasteiger partial charge >= 0.3 is 6.03 Å². The van der Waals surface area contributed by atoms with Crippen molar-refractivity contribution < 1.29 is 22.3 Å². The van der Waals surface area contributed by atoms with Crippen molar-refractivity contribution in [3.63, 3.8) is 0 Å². The molecule has 0 aromatic carbocycles. The number of amides is 1. The molecule has 16 heavy (non-hydrogen) atoms. The molecule has 0 aliphatic heterocycles. The van der Waals surface area contributed by atoms with Crippen molar-refractivity contribution in [3.05, 3.63) is 30.1 Å². The lowest BCUT2D eigenvalue weighted by atomic mass is 10.3. The molecule has 0 spiro atoms. The van der Waals surface area contributed by atoms with Gasteiger partial charge in [-0.25, -0.2) is 13.3 Å². The Balaban J connectivity index is 3.00. The van der Waals surface area contributed by atoms with Crippen LogP contribution in [0.1, 0.15) is 5.56 Å². The first kappa shape index (κ1) is 12.6. The summed E-state index contributed by atoms with van der Waals surface area (Å²) in [4.78, 5) is 12.9. The molecule has 0 unspecified atom stereocenters. The molecule has 7 heteroatoms. The first-order valence-electron chi connectivity index (χ1n) is 4.45. The molecule has 0 saturated carbocycles. The number of carbonyl (C=O) groups excluding carboxylic acids is 1. The lowest BCUT2D eigenvalue weighted by Gasteiger charge is -2.07. The molecule has 1 rings (SSSR count). The molecule has 0 atom stereocenters. The van der Waals surface area contributed by atoms with E-state index in [0.717, 1.165) is 0 Å². The smallest absolute Gasteiger partial charge is 0.497 e. The fraction of sp³-hybridized carbons (Fsp3) is 0.333. The third-order valence-corrected chi connectivity index (χ3v) is 2.50. The standard InChI is InChI=1S/C9H12N2O4S/c1-10(2)9(12)11-5-3-4-8(6-11)7-16(13,14)15/h3-6H,7H2,1-2H3. The lowest BCUT2D eigenvalue weighted by molar-refractivity contribution is -0.578. The van der Waals surface area contributed by atoms with Crippen LogP contribution in [0.3, 0.4) is 0 Å². The first-order valence-corrected chi connectivity index (χ1v) is 6.03. The number of hydrogen-bond acceptors (Lipinski definition) is 4. The maximum atomic E-state index is 11.5. The van der Waals surface area contributed by atoms with Crippen molar-refractivity contribution in [2.75, 3.05) is 14.1 Å². The summed E-state index contributed by atoms with van der Waals surface area (Å²) in [5.74, 6) is -0.617. The summed E-state index contributed by atoms with van der Waals surface area (Å²) in [6, 6.07) is 2.68. The average Bonchev–Trinajstić information content (AvgIpc) is 2.14. The van der Waals surface area contributed by atoms with Gasteiger partial charge in [0.1, 0.15) is 6.20 Å². The highest BCUT2D eigenvalue weighted by Crippen LogP contribution is 2.00. The molecular weight excluding hydrogens is 232 g/mol. The van der Waals surface area contributed by atoms with Gasteiger partial charge in [0.15, 0.2) is 0 Å². The second-order valence-corrected chi connectivity index (χ2v) is 4.90. The average molecular weight is 244 g/mol. The van der Waals surface area contributed by atoms with E-state index < -0.39 is 15.9 Å². The topological polar surface area (TPSA) is 81.4 Å². The van der Waals surface area contributed by atoms with Gasteiger partial charge in [-0.3, -0.25) is 0 Å². The fourth-order valence-electron chi connectivity index (χ4n) is 1.16. The highest BCUT2D eigenvalue weighted by molar-refractivity contribution is 7.84. The van der Waals surface area contributed by atoms with E-state index in [1.807, 2.05) is 0 Å². The molecular formula is C9H12N2O4S. The van der Waals surface area contributed by atoms with Crippen molar-refractivity contribution in [2.45, 2.75) is 5.75 Å². The molecule has 1 heterocycles. The SMILES string of the molecule is CN(C)C(=O)[n+]1cccc(CS(=O)(=O)[O-])c1. The summed E-state index contributed by atoms with van der Waals surface area (Å²) in [6.45, 7) is 0. The number of rotatable bonds is 2. The van der Waals surface area contributed by atoms with Gasteiger partial charge in [0.2, 0.25) is 0 Å². The zero-order valence-corrected chi connectivity index (χ0v) is 9.77. The van der Waals surface area contributed by atoms with E-state index >= 15 is 0 Å². The Bertz CT molecular complexity index is 496. The second kappa shape index (κ2) is 4.58. The molecule has 0 fully saturated rings. The van der Waals surface area contributed by atoms with E-state index in [0.29, 0.717) is 0 Å². The summed E-state index contributed by atoms with van der Waals surface area (Å²) >= 11 is 0. The minimum absolute atomic E-state index is 0.285. The van der Waals surface area contributed by atoms with Crippen molar-refractivity contribution in [2.24, 2.45) is 0 Å². The molecule has 0 aliphatic carbocycles. The third kappa shape index (κ3) is 3.59. The summed E-state index contributed by atoms with van der Waals surface area (Å²) in [6.07, 6.45) is 2.82. The van der Waals surface area contributed by atoms with Gasteiger partial charge < -0.3 is 4.55 Å². The van der Waals surface area contributed by atoms with Crippen LogP contribution in [-0.2, 0) is 15.9 Å². The second-order valence-electron chi connectivity index (χ2n) is 3.50. The van der Waals surface area contributed by atoms with Gasteiger partial charge in [0.25, 0.3) is 0 Å². The van der Waals surface area contributed by atoms with Crippen molar-refractivity contribution in [1.29, 1.82) is 0 Å². The Kier molecular flexibility index (Phi) is 3.61. The molecule has 1 aromatic rings. The van der Waals surface area contributed by atoms with Crippen molar-refractivity contribution >= 4 is 16.1 Å². The zero-order valence-electron chi connectivity index (χ0n) is 8.95. The fourth-order valence-corrected chi connectivity index (χ4v) is 1.74. The molecule has 0 bridgehead atoms. The van der Waals surface area contributed by atoms with E-state index in [1.165, 1.54) is 34.0 Å². The van der Waals surface area contributed by atoms with Crippen LogP contribution in [0.15, 0.2) is 24.5 Å². The summed E-state index contributed by atoms with van der Waals surface area (Å²) in [7, 11) is -1.18. The van der Waals surface area contributed by atoms with Gasteiger partial charge in [-0.1, -0.05) is 6.07 Å². The summed E-state index contributed by atoms with van der Waals surface area (Å²) in [5, 5.41) is 0. The molecule has 0 radical (unpaired) electrons. The maximum Gasteiger partial charge on any atom is 0.497 e. The van der Waals surface area contributed by atoms with Crippen LogP contribution in [0, 0.1) is 0 Å². The Hall–Kier alpha value is -1.47. The molecule has 0 saturated heterocycles. The lowest BCUT2D eigenvalue weighted by Crippen LogP contribution is -2.49. The van der Waals surface area contributed by atoms with Crippen LogP contribution in [0.4, 0.5) is 4.79 Å². The predicted molar refractivity (Wildman–Crippen MR) is 54.5 cm³/mol. The summed E-state index contributed by atoms with van der Waals surface area (Å²) in [5.41, 5.74) is 0.285. The van der Waals surface area contributed by atoms with E-state index in [2.05, 4.69) is 0 Å². The largest absolute Gasteiger partial charge is 0.748 e. The number of nitrogens with zero attached hydrogens (tertiary/aromatic N) is 2. The number of aromatic nitrogens is 1. The normalized spacial score (nSPS) is 11.2. The van der Waals surface area contributed by atoms with Crippen LogP contribution in [0.5, 0.6) is 0 Å². The van der Waals surface area contributed by atoms with Gasteiger partial charge in [-0.05, 0) is 6.07 Å². The van der Waals surface area contributed by atoms with Gasteiger partial charge in [0, 0.05) is 5.56 Å². The third-order valence-electron chi connectivity index (χ3n) is 1.81. The minimum atomic E-state index is -4.33. The number of hydrogen-bond donors (Lipinski definition) is 0. The monoisotopic (exact) mass is 244 g/mol. The zero-order chi connectivity index (χ0) is 12.3. The molecule has 0 aliphatic rings. The number of pyridine rings is 1. The quantitative estimate of drug-likeness (QED) is 0.521. The van der Waals surface area contributed by atoms with Crippen LogP contribution in [0.2, 0.25) is 0 Å². The van der Waals surface area contributed by atoms with E-state index in [1.54, 1.807) is 14.1 Å². The summed E-state index contributed by atoms with van der Waals surface area (Å²) < 4.78 is 32.9. The van der Waals surface area contributed by atoms with Crippen molar-refractivity contribution in [1.82, 2.24) is 4.90 Å². The van der Waals surface area contributed by atoms with Gasteiger partial charge in [-0.15, -0.1) is 0 Å². The number of carbonyl (C=O) groups is 1. The Morgan fingerprint density at radius 2 is 2.12 bits per heavy atom. The van der Waals surface area contributed by atoms with Crippen LogP contribution >= 0.6 is 0 Å². The predicted octanol–water partition coefficient (Wildman–Crippen LogP) is -0.451. The van der Waals surface area contributed by atoms with E-state index in [4.69, 9.17) is 0 Å². The highest BCUT2D eigenvalue weighted by Gasteiger charge is 2.16. The van der Waals surface area contributed by atoms with Crippen LogP contribution in [0.25, 0.3) is 0 Å². The molecule has 0 N–H and O–H groups in total. The Labute approximate surface area is 93.9 Å². The van der Waals surface area contributed by atoms with Gasteiger partial charge in [0.05, 0.1) is 36.2 Å². The van der Waals surface area contributed by atoms with Gasteiger partial charge in [-0.2, -0.15) is 9.36 Å². The Morgan fingerprint density at radius 3 is 2.62 bits per heavy atom. The molecule has 1 amide bonds. The Morgan fingerprint density at radius 1 is 1.50 bits per heavy atom. The van der Waals surface area contributed by atoms with E-state index in [-0.39, 0.29) is 11.6 Å². The van der Waals surface area contributed by atoms with E-state index in [9.17, 15) is 17.8 Å².